The summed E-state index contributed by atoms with van der Waals surface area (Å²) in [4.78, 5) is 22.7. The topological polar surface area (TPSA) is 72.8 Å². The fourth-order valence-corrected chi connectivity index (χ4v) is 1.87. The molecule has 0 spiro atoms. The van der Waals surface area contributed by atoms with E-state index in [1.165, 1.54) is 12.1 Å². The van der Waals surface area contributed by atoms with Gasteiger partial charge in [0, 0.05) is 6.61 Å². The standard InChI is InChI=1S/C13H14O5/c14-12(15)10-5-1-2-6-11(10)13(16)18-8-9-4-3-7-17-9/h1-2,5-6,9H,3-4,7-8H2,(H,14,15)/t9-/m0/s1. The van der Waals surface area contributed by atoms with E-state index in [0.29, 0.717) is 6.61 Å². The summed E-state index contributed by atoms with van der Waals surface area (Å²) in [6.07, 6.45) is 1.77. The Labute approximate surface area is 104 Å². The molecule has 0 aromatic heterocycles. The van der Waals surface area contributed by atoms with Crippen molar-refractivity contribution >= 4 is 11.9 Å². The maximum absolute atomic E-state index is 11.8. The molecule has 5 heteroatoms. The van der Waals surface area contributed by atoms with Gasteiger partial charge in [0.1, 0.15) is 6.61 Å². The Kier molecular flexibility index (Phi) is 3.94. The molecule has 1 atom stereocenters. The minimum Gasteiger partial charge on any atom is -0.478 e. The number of rotatable bonds is 4. The molecule has 1 N–H and O–H groups in total. The quantitative estimate of drug-likeness (QED) is 0.824. The Morgan fingerprint density at radius 3 is 2.67 bits per heavy atom. The summed E-state index contributed by atoms with van der Waals surface area (Å²) in [6.45, 7) is 0.862. The van der Waals surface area contributed by atoms with E-state index < -0.39 is 11.9 Å². The molecule has 1 heterocycles. The smallest absolute Gasteiger partial charge is 0.339 e. The van der Waals surface area contributed by atoms with Gasteiger partial charge in [0.15, 0.2) is 0 Å². The number of carboxylic acids is 1. The van der Waals surface area contributed by atoms with Crippen LogP contribution >= 0.6 is 0 Å². The predicted molar refractivity (Wildman–Crippen MR) is 62.7 cm³/mol. The van der Waals surface area contributed by atoms with Crippen LogP contribution in [-0.4, -0.2) is 36.4 Å². The first-order chi connectivity index (χ1) is 8.68. The average Bonchev–Trinajstić information content (AvgIpc) is 2.89. The minimum atomic E-state index is -1.14. The van der Waals surface area contributed by atoms with E-state index in [4.69, 9.17) is 14.6 Å². The molecule has 5 nitrogen and oxygen atoms in total. The van der Waals surface area contributed by atoms with E-state index >= 15 is 0 Å². The Morgan fingerprint density at radius 2 is 2.06 bits per heavy atom. The van der Waals surface area contributed by atoms with Crippen LogP contribution in [0.25, 0.3) is 0 Å². The van der Waals surface area contributed by atoms with E-state index in [1.807, 2.05) is 0 Å². The third kappa shape index (κ3) is 2.87. The van der Waals surface area contributed by atoms with Crippen molar-refractivity contribution in [1.82, 2.24) is 0 Å². The Morgan fingerprint density at radius 1 is 1.33 bits per heavy atom. The normalized spacial score (nSPS) is 18.6. The molecule has 18 heavy (non-hydrogen) atoms. The lowest BCUT2D eigenvalue weighted by atomic mass is 10.1. The second-order valence-electron chi connectivity index (χ2n) is 4.08. The Hall–Kier alpha value is -1.88. The van der Waals surface area contributed by atoms with E-state index in [9.17, 15) is 9.59 Å². The molecule has 0 amide bonds. The molecule has 2 rings (SSSR count). The summed E-state index contributed by atoms with van der Waals surface area (Å²) < 4.78 is 10.4. The van der Waals surface area contributed by atoms with Crippen molar-refractivity contribution in [2.24, 2.45) is 0 Å². The van der Waals surface area contributed by atoms with Gasteiger partial charge in [-0.3, -0.25) is 0 Å². The lowest BCUT2D eigenvalue weighted by Crippen LogP contribution is -2.19. The fraction of sp³-hybridized carbons (Fsp3) is 0.385. The fourth-order valence-electron chi connectivity index (χ4n) is 1.87. The molecule has 1 aliphatic heterocycles. The maximum Gasteiger partial charge on any atom is 0.339 e. The van der Waals surface area contributed by atoms with Crippen LogP contribution in [0.3, 0.4) is 0 Å². The largest absolute Gasteiger partial charge is 0.478 e. The van der Waals surface area contributed by atoms with Crippen molar-refractivity contribution in [3.8, 4) is 0 Å². The first-order valence-corrected chi connectivity index (χ1v) is 5.79. The zero-order chi connectivity index (χ0) is 13.0. The van der Waals surface area contributed by atoms with Crippen LogP contribution in [-0.2, 0) is 9.47 Å². The number of benzene rings is 1. The van der Waals surface area contributed by atoms with Crippen LogP contribution in [0.4, 0.5) is 0 Å². The molecular weight excluding hydrogens is 236 g/mol. The van der Waals surface area contributed by atoms with E-state index in [1.54, 1.807) is 12.1 Å². The predicted octanol–water partition coefficient (Wildman–Crippen LogP) is 1.72. The number of carbonyl (C=O) groups is 2. The van der Waals surface area contributed by atoms with Gasteiger partial charge in [-0.1, -0.05) is 12.1 Å². The lowest BCUT2D eigenvalue weighted by molar-refractivity contribution is 0.0159. The van der Waals surface area contributed by atoms with Gasteiger partial charge in [0.25, 0.3) is 0 Å². The zero-order valence-electron chi connectivity index (χ0n) is 9.80. The van der Waals surface area contributed by atoms with Gasteiger partial charge in [0.2, 0.25) is 0 Å². The third-order valence-electron chi connectivity index (χ3n) is 2.80. The molecule has 0 saturated carbocycles. The SMILES string of the molecule is O=C(O)c1ccccc1C(=O)OC[C@@H]1CCCO1. The molecule has 1 fully saturated rings. The van der Waals surface area contributed by atoms with Crippen molar-refractivity contribution in [2.75, 3.05) is 13.2 Å². The number of ether oxygens (including phenoxy) is 2. The zero-order valence-corrected chi connectivity index (χ0v) is 9.80. The van der Waals surface area contributed by atoms with E-state index in [-0.39, 0.29) is 23.8 Å². The van der Waals surface area contributed by atoms with Crippen LogP contribution in [0.5, 0.6) is 0 Å². The monoisotopic (exact) mass is 250 g/mol. The second-order valence-corrected chi connectivity index (χ2v) is 4.08. The molecule has 0 radical (unpaired) electrons. The molecule has 0 bridgehead atoms. The van der Waals surface area contributed by atoms with Crippen LogP contribution in [0.1, 0.15) is 33.6 Å². The third-order valence-corrected chi connectivity index (χ3v) is 2.80. The highest BCUT2D eigenvalue weighted by molar-refractivity contribution is 6.02. The Bertz CT molecular complexity index is 448. The van der Waals surface area contributed by atoms with Gasteiger partial charge < -0.3 is 14.6 Å². The molecule has 0 unspecified atom stereocenters. The van der Waals surface area contributed by atoms with Crippen molar-refractivity contribution < 1.29 is 24.2 Å². The highest BCUT2D eigenvalue weighted by Gasteiger charge is 2.20. The van der Waals surface area contributed by atoms with Crippen molar-refractivity contribution in [3.63, 3.8) is 0 Å². The number of carbonyl (C=O) groups excluding carboxylic acids is 1. The van der Waals surface area contributed by atoms with Gasteiger partial charge in [0.05, 0.1) is 17.2 Å². The summed E-state index contributed by atoms with van der Waals surface area (Å²) >= 11 is 0. The maximum atomic E-state index is 11.8. The number of esters is 1. The number of aromatic carboxylic acids is 1. The van der Waals surface area contributed by atoms with Crippen LogP contribution in [0.15, 0.2) is 24.3 Å². The first kappa shape index (κ1) is 12.6. The van der Waals surface area contributed by atoms with Crippen molar-refractivity contribution in [1.29, 1.82) is 0 Å². The Balaban J connectivity index is 2.01. The molecule has 96 valence electrons. The highest BCUT2D eigenvalue weighted by atomic mass is 16.6. The summed E-state index contributed by atoms with van der Waals surface area (Å²) in [6, 6.07) is 6.00. The second kappa shape index (κ2) is 5.64. The average molecular weight is 250 g/mol. The van der Waals surface area contributed by atoms with Gasteiger partial charge in [-0.25, -0.2) is 9.59 Å². The van der Waals surface area contributed by atoms with Crippen LogP contribution < -0.4 is 0 Å². The minimum absolute atomic E-state index is 0.0464. The molecule has 1 aliphatic rings. The highest BCUT2D eigenvalue weighted by Crippen LogP contribution is 2.14. The van der Waals surface area contributed by atoms with Gasteiger partial charge in [-0.2, -0.15) is 0 Å². The summed E-state index contributed by atoms with van der Waals surface area (Å²) in [5.41, 5.74) is 0.0258. The molecule has 1 aromatic rings. The molecule has 1 aromatic carbocycles. The lowest BCUT2D eigenvalue weighted by Gasteiger charge is -2.11. The summed E-state index contributed by atoms with van der Waals surface area (Å²) in [5, 5.41) is 8.96. The molecule has 1 saturated heterocycles. The van der Waals surface area contributed by atoms with Gasteiger partial charge in [-0.15, -0.1) is 0 Å². The van der Waals surface area contributed by atoms with Gasteiger partial charge >= 0.3 is 11.9 Å². The van der Waals surface area contributed by atoms with E-state index in [0.717, 1.165) is 12.8 Å². The number of carboxylic acid groups (broad SMARTS) is 1. The number of hydrogen-bond acceptors (Lipinski definition) is 4. The van der Waals surface area contributed by atoms with Crippen LogP contribution in [0.2, 0.25) is 0 Å². The van der Waals surface area contributed by atoms with Gasteiger partial charge in [-0.05, 0) is 25.0 Å². The van der Waals surface area contributed by atoms with Crippen molar-refractivity contribution in [2.45, 2.75) is 18.9 Å². The molecule has 0 aliphatic carbocycles. The summed E-state index contributed by atoms with van der Waals surface area (Å²) in [5.74, 6) is -1.76. The van der Waals surface area contributed by atoms with E-state index in [2.05, 4.69) is 0 Å². The molecular formula is C13H14O5. The summed E-state index contributed by atoms with van der Waals surface area (Å²) in [7, 11) is 0. The van der Waals surface area contributed by atoms with Crippen molar-refractivity contribution in [3.05, 3.63) is 35.4 Å². The van der Waals surface area contributed by atoms with Crippen LogP contribution in [0, 0.1) is 0 Å². The first-order valence-electron chi connectivity index (χ1n) is 5.79. The number of hydrogen-bond donors (Lipinski definition) is 1.